The molecule has 0 atom stereocenters. The number of ether oxygens (including phenoxy) is 1. The minimum Gasteiger partial charge on any atom is -0.472 e. The molecule has 0 aliphatic heterocycles. The van der Waals surface area contributed by atoms with Crippen molar-refractivity contribution in [1.29, 1.82) is 0 Å². The van der Waals surface area contributed by atoms with Crippen molar-refractivity contribution < 1.29 is 30.7 Å². The first kappa shape index (κ1) is 16.4. The molecule has 0 radical (unpaired) electrons. The molecular weight excluding hydrogens is 323 g/mol. The van der Waals surface area contributed by atoms with Crippen LogP contribution in [0.4, 0.5) is 13.2 Å². The standard InChI is InChI=1S/C13H12F3NO4S/c14-13(15,16)21-11-1-3-12(4-2-11)22(18,19)17-7-5-10-6-8-20-9-10/h1-4,6,8-9,17H,5,7H2. The van der Waals surface area contributed by atoms with Crippen LogP contribution in [-0.4, -0.2) is 21.3 Å². The first-order valence-corrected chi connectivity index (χ1v) is 7.61. The van der Waals surface area contributed by atoms with Crippen molar-refractivity contribution >= 4 is 10.0 Å². The molecule has 2 rings (SSSR count). The molecule has 0 fully saturated rings. The molecule has 0 spiro atoms. The van der Waals surface area contributed by atoms with Crippen LogP contribution in [0.3, 0.4) is 0 Å². The smallest absolute Gasteiger partial charge is 0.472 e. The monoisotopic (exact) mass is 335 g/mol. The minimum atomic E-state index is -4.82. The highest BCUT2D eigenvalue weighted by molar-refractivity contribution is 7.89. The van der Waals surface area contributed by atoms with Crippen molar-refractivity contribution in [3.63, 3.8) is 0 Å². The Balaban J connectivity index is 1.97. The molecule has 0 saturated heterocycles. The number of furan rings is 1. The van der Waals surface area contributed by atoms with Crippen LogP contribution in [0.1, 0.15) is 5.56 Å². The molecule has 1 aromatic heterocycles. The number of alkyl halides is 3. The van der Waals surface area contributed by atoms with E-state index in [4.69, 9.17) is 4.42 Å². The van der Waals surface area contributed by atoms with Crippen molar-refractivity contribution in [3.8, 4) is 5.75 Å². The van der Waals surface area contributed by atoms with E-state index in [2.05, 4.69) is 9.46 Å². The average molecular weight is 335 g/mol. The zero-order chi connectivity index (χ0) is 16.2. The zero-order valence-electron chi connectivity index (χ0n) is 11.1. The fourth-order valence-corrected chi connectivity index (χ4v) is 2.70. The van der Waals surface area contributed by atoms with Gasteiger partial charge in [0, 0.05) is 6.54 Å². The molecule has 0 aliphatic rings. The van der Waals surface area contributed by atoms with E-state index in [1.807, 2.05) is 0 Å². The largest absolute Gasteiger partial charge is 0.573 e. The Bertz CT molecular complexity index is 694. The van der Waals surface area contributed by atoms with E-state index in [9.17, 15) is 21.6 Å². The first-order valence-electron chi connectivity index (χ1n) is 6.13. The van der Waals surface area contributed by atoms with Crippen LogP contribution < -0.4 is 9.46 Å². The SMILES string of the molecule is O=S(=O)(NCCc1ccoc1)c1ccc(OC(F)(F)F)cc1. The van der Waals surface area contributed by atoms with E-state index < -0.39 is 22.1 Å². The van der Waals surface area contributed by atoms with Gasteiger partial charge in [-0.2, -0.15) is 0 Å². The number of sulfonamides is 1. The van der Waals surface area contributed by atoms with Crippen molar-refractivity contribution in [3.05, 3.63) is 48.4 Å². The number of rotatable bonds is 6. The van der Waals surface area contributed by atoms with Gasteiger partial charge in [-0.05, 0) is 42.3 Å². The van der Waals surface area contributed by atoms with Gasteiger partial charge in [0.1, 0.15) is 5.75 Å². The third kappa shape index (κ3) is 4.78. The molecule has 0 amide bonds. The van der Waals surface area contributed by atoms with Gasteiger partial charge in [0.15, 0.2) is 0 Å². The lowest BCUT2D eigenvalue weighted by atomic mass is 10.2. The Kier molecular flexibility index (Phi) is 4.77. The molecule has 1 N–H and O–H groups in total. The Morgan fingerprint density at radius 2 is 1.82 bits per heavy atom. The van der Waals surface area contributed by atoms with Crippen molar-refractivity contribution in [2.24, 2.45) is 0 Å². The Morgan fingerprint density at radius 1 is 1.14 bits per heavy atom. The predicted molar refractivity (Wildman–Crippen MR) is 70.7 cm³/mol. The minimum absolute atomic E-state index is 0.142. The fraction of sp³-hybridized carbons (Fsp3) is 0.231. The van der Waals surface area contributed by atoms with Crippen LogP contribution >= 0.6 is 0 Å². The summed E-state index contributed by atoms with van der Waals surface area (Å²) >= 11 is 0. The highest BCUT2D eigenvalue weighted by Crippen LogP contribution is 2.23. The maximum Gasteiger partial charge on any atom is 0.573 e. The third-order valence-corrected chi connectivity index (χ3v) is 4.13. The highest BCUT2D eigenvalue weighted by Gasteiger charge is 2.31. The van der Waals surface area contributed by atoms with E-state index in [1.165, 1.54) is 12.5 Å². The molecule has 2 aromatic rings. The van der Waals surface area contributed by atoms with Crippen molar-refractivity contribution in [2.45, 2.75) is 17.7 Å². The second-order valence-corrected chi connectivity index (χ2v) is 6.07. The Morgan fingerprint density at radius 3 is 2.36 bits per heavy atom. The number of benzene rings is 1. The first-order chi connectivity index (χ1) is 10.3. The Labute approximate surface area is 124 Å². The van der Waals surface area contributed by atoms with Crippen LogP contribution in [0.25, 0.3) is 0 Å². The van der Waals surface area contributed by atoms with Gasteiger partial charge in [-0.1, -0.05) is 0 Å². The maximum atomic E-state index is 12.0. The van der Waals surface area contributed by atoms with Gasteiger partial charge < -0.3 is 9.15 Å². The third-order valence-electron chi connectivity index (χ3n) is 2.65. The van der Waals surface area contributed by atoms with Gasteiger partial charge >= 0.3 is 6.36 Å². The second kappa shape index (κ2) is 6.41. The molecule has 0 unspecified atom stereocenters. The van der Waals surface area contributed by atoms with E-state index >= 15 is 0 Å². The summed E-state index contributed by atoms with van der Waals surface area (Å²) in [6.45, 7) is 0.142. The second-order valence-electron chi connectivity index (χ2n) is 4.30. The molecule has 120 valence electrons. The zero-order valence-corrected chi connectivity index (χ0v) is 11.9. The molecule has 1 aromatic carbocycles. The molecule has 22 heavy (non-hydrogen) atoms. The summed E-state index contributed by atoms with van der Waals surface area (Å²) in [6.07, 6.45) is -1.41. The number of hydrogen-bond donors (Lipinski definition) is 1. The number of nitrogens with one attached hydrogen (secondary N) is 1. The van der Waals surface area contributed by atoms with Gasteiger partial charge in [0.2, 0.25) is 10.0 Å². The van der Waals surface area contributed by atoms with E-state index in [-0.39, 0.29) is 11.4 Å². The van der Waals surface area contributed by atoms with Crippen LogP contribution in [0, 0.1) is 0 Å². The molecule has 1 heterocycles. The topological polar surface area (TPSA) is 68.5 Å². The summed E-state index contributed by atoms with van der Waals surface area (Å²) < 4.78 is 70.8. The van der Waals surface area contributed by atoms with Gasteiger partial charge in [-0.15, -0.1) is 13.2 Å². The quantitative estimate of drug-likeness (QED) is 0.881. The van der Waals surface area contributed by atoms with E-state index in [0.717, 1.165) is 29.8 Å². The van der Waals surface area contributed by atoms with Crippen LogP contribution in [0.5, 0.6) is 5.75 Å². The van der Waals surface area contributed by atoms with Gasteiger partial charge in [-0.3, -0.25) is 0 Å². The molecule has 0 saturated carbocycles. The molecule has 5 nitrogen and oxygen atoms in total. The van der Waals surface area contributed by atoms with Gasteiger partial charge in [-0.25, -0.2) is 13.1 Å². The van der Waals surface area contributed by atoms with Crippen molar-refractivity contribution in [1.82, 2.24) is 4.72 Å². The van der Waals surface area contributed by atoms with Crippen LogP contribution in [0.2, 0.25) is 0 Å². The van der Waals surface area contributed by atoms with Crippen LogP contribution in [-0.2, 0) is 16.4 Å². The van der Waals surface area contributed by atoms with E-state index in [1.54, 1.807) is 6.07 Å². The lowest BCUT2D eigenvalue weighted by molar-refractivity contribution is -0.274. The summed E-state index contributed by atoms with van der Waals surface area (Å²) in [6, 6.07) is 5.68. The van der Waals surface area contributed by atoms with Crippen LogP contribution in [0.15, 0.2) is 52.2 Å². The predicted octanol–water partition coefficient (Wildman–Crippen LogP) is 2.70. The molecule has 9 heteroatoms. The molecule has 0 bridgehead atoms. The highest BCUT2D eigenvalue weighted by atomic mass is 32.2. The normalized spacial score (nSPS) is 12.3. The maximum absolute atomic E-state index is 12.0. The fourth-order valence-electron chi connectivity index (χ4n) is 1.67. The number of halogens is 3. The summed E-state index contributed by atoms with van der Waals surface area (Å²) in [5, 5.41) is 0. The lowest BCUT2D eigenvalue weighted by Gasteiger charge is -2.10. The van der Waals surface area contributed by atoms with Crippen molar-refractivity contribution in [2.75, 3.05) is 6.54 Å². The Hall–Kier alpha value is -2.00. The molecular formula is C13H12F3NO4S. The van der Waals surface area contributed by atoms with Gasteiger partial charge in [0.25, 0.3) is 0 Å². The number of hydrogen-bond acceptors (Lipinski definition) is 4. The van der Waals surface area contributed by atoms with E-state index in [0.29, 0.717) is 6.42 Å². The summed E-state index contributed by atoms with van der Waals surface area (Å²) in [5.41, 5.74) is 0.830. The summed E-state index contributed by atoms with van der Waals surface area (Å²) in [5.74, 6) is -0.482. The summed E-state index contributed by atoms with van der Waals surface area (Å²) in [4.78, 5) is -0.144. The average Bonchev–Trinajstić information content (AvgIpc) is 2.90. The molecule has 0 aliphatic carbocycles. The summed E-state index contributed by atoms with van der Waals surface area (Å²) in [7, 11) is -3.79. The van der Waals surface area contributed by atoms with Gasteiger partial charge in [0.05, 0.1) is 17.4 Å². The lowest BCUT2D eigenvalue weighted by Crippen LogP contribution is -2.26.